The van der Waals surface area contributed by atoms with E-state index in [1.165, 1.54) is 0 Å². The Hall–Kier alpha value is -1.45. The van der Waals surface area contributed by atoms with Crippen LogP contribution in [-0.4, -0.2) is 56.3 Å². The number of nitrogens with zero attached hydrogens (tertiary/aromatic N) is 2. The zero-order valence-electron chi connectivity index (χ0n) is 12.5. The zero-order valence-corrected chi connectivity index (χ0v) is 13.3. The van der Waals surface area contributed by atoms with Crippen LogP contribution < -0.4 is 5.32 Å². The van der Waals surface area contributed by atoms with Gasteiger partial charge in [-0.3, -0.25) is 4.79 Å². The summed E-state index contributed by atoms with van der Waals surface area (Å²) in [5.74, 6) is 0.354. The van der Waals surface area contributed by atoms with Crippen molar-refractivity contribution in [2.45, 2.75) is 20.3 Å². The van der Waals surface area contributed by atoms with Crippen LogP contribution in [0.4, 0.5) is 5.82 Å². The quantitative estimate of drug-likeness (QED) is 0.669. The minimum Gasteiger partial charge on any atom is -0.382 e. The molecule has 1 rings (SSSR count). The number of anilines is 1. The van der Waals surface area contributed by atoms with Gasteiger partial charge in [-0.1, -0.05) is 5.16 Å². The zero-order chi connectivity index (χ0) is 15.9. The standard InChI is InChI=1S/C12H21N3O5S/c1-4-19-7-5-6-15(21(3,17)18)9-12(16)13-11-8-10(2)20-14-11/h8H,4-7,9H2,1-3H3,(H,13,14,16). The highest BCUT2D eigenvalue weighted by Crippen LogP contribution is 2.07. The van der Waals surface area contributed by atoms with Crippen molar-refractivity contribution in [1.29, 1.82) is 0 Å². The molecule has 0 atom stereocenters. The molecule has 1 N–H and O–H groups in total. The molecule has 1 aromatic heterocycles. The van der Waals surface area contributed by atoms with E-state index in [4.69, 9.17) is 9.26 Å². The van der Waals surface area contributed by atoms with Gasteiger partial charge in [-0.2, -0.15) is 4.31 Å². The van der Waals surface area contributed by atoms with Crippen molar-refractivity contribution in [1.82, 2.24) is 9.46 Å². The predicted octanol–water partition coefficient (Wildman–Crippen LogP) is 0.610. The van der Waals surface area contributed by atoms with Gasteiger partial charge in [0.1, 0.15) is 5.76 Å². The van der Waals surface area contributed by atoms with Crippen LogP contribution in [0.15, 0.2) is 10.6 Å². The first kappa shape index (κ1) is 17.6. The van der Waals surface area contributed by atoms with Crippen LogP contribution >= 0.6 is 0 Å². The number of aryl methyl sites for hydroxylation is 1. The Bertz CT molecular complexity index is 555. The maximum atomic E-state index is 11.8. The van der Waals surface area contributed by atoms with Crippen LogP contribution in [0.5, 0.6) is 0 Å². The number of nitrogens with one attached hydrogen (secondary N) is 1. The second kappa shape index (κ2) is 8.11. The van der Waals surface area contributed by atoms with Gasteiger partial charge in [-0.05, 0) is 20.3 Å². The third-order valence-electron chi connectivity index (χ3n) is 2.58. The van der Waals surface area contributed by atoms with Gasteiger partial charge in [0.25, 0.3) is 0 Å². The maximum Gasteiger partial charge on any atom is 0.240 e. The third kappa shape index (κ3) is 6.69. The van der Waals surface area contributed by atoms with Crippen molar-refractivity contribution in [3.05, 3.63) is 11.8 Å². The summed E-state index contributed by atoms with van der Waals surface area (Å²) in [6.07, 6.45) is 1.60. The Balaban J connectivity index is 2.53. The minimum atomic E-state index is -3.46. The monoisotopic (exact) mass is 319 g/mol. The Labute approximate surface area is 124 Å². The number of carbonyl (C=O) groups excluding carboxylic acids is 1. The number of hydrogen-bond donors (Lipinski definition) is 1. The van der Waals surface area contributed by atoms with Gasteiger partial charge in [0.15, 0.2) is 5.82 Å². The lowest BCUT2D eigenvalue weighted by molar-refractivity contribution is -0.116. The Morgan fingerprint density at radius 2 is 2.24 bits per heavy atom. The number of rotatable bonds is 9. The van der Waals surface area contributed by atoms with Gasteiger partial charge in [0.2, 0.25) is 15.9 Å². The lowest BCUT2D eigenvalue weighted by atomic mass is 10.4. The fourth-order valence-electron chi connectivity index (χ4n) is 1.62. The SMILES string of the molecule is CCOCCCN(CC(=O)Nc1cc(C)on1)S(C)(=O)=O. The summed E-state index contributed by atoms with van der Waals surface area (Å²) in [6, 6.07) is 1.55. The average Bonchev–Trinajstić information content (AvgIpc) is 2.77. The number of aromatic nitrogens is 1. The molecule has 0 fully saturated rings. The van der Waals surface area contributed by atoms with Crippen molar-refractivity contribution >= 4 is 21.7 Å². The molecule has 1 aromatic rings. The maximum absolute atomic E-state index is 11.8. The Kier molecular flexibility index (Phi) is 6.79. The number of carbonyl (C=O) groups is 1. The molecule has 8 nitrogen and oxygen atoms in total. The highest BCUT2D eigenvalue weighted by molar-refractivity contribution is 7.88. The number of hydrogen-bond acceptors (Lipinski definition) is 6. The molecule has 1 heterocycles. The van der Waals surface area contributed by atoms with Gasteiger partial charge in [0, 0.05) is 25.8 Å². The van der Waals surface area contributed by atoms with E-state index >= 15 is 0 Å². The number of ether oxygens (including phenoxy) is 1. The third-order valence-corrected chi connectivity index (χ3v) is 3.83. The molecule has 0 aliphatic heterocycles. The molecule has 0 aromatic carbocycles. The van der Waals surface area contributed by atoms with Crippen molar-refractivity contribution < 1.29 is 22.5 Å². The molecule has 0 aliphatic carbocycles. The van der Waals surface area contributed by atoms with E-state index in [-0.39, 0.29) is 18.9 Å². The van der Waals surface area contributed by atoms with Crippen LogP contribution in [0.3, 0.4) is 0 Å². The van der Waals surface area contributed by atoms with Crippen molar-refractivity contribution in [3.8, 4) is 0 Å². The molecule has 9 heteroatoms. The van der Waals surface area contributed by atoms with Crippen molar-refractivity contribution in [2.24, 2.45) is 0 Å². The van der Waals surface area contributed by atoms with Gasteiger partial charge >= 0.3 is 0 Å². The van der Waals surface area contributed by atoms with E-state index in [1.807, 2.05) is 6.92 Å². The molecule has 0 spiro atoms. The largest absolute Gasteiger partial charge is 0.382 e. The summed E-state index contributed by atoms with van der Waals surface area (Å²) in [5, 5.41) is 6.10. The minimum absolute atomic E-state index is 0.226. The summed E-state index contributed by atoms with van der Waals surface area (Å²) in [5.41, 5.74) is 0. The van der Waals surface area contributed by atoms with Crippen LogP contribution in [0.2, 0.25) is 0 Å². The fraction of sp³-hybridized carbons (Fsp3) is 0.667. The van der Waals surface area contributed by atoms with Gasteiger partial charge in [0.05, 0.1) is 12.8 Å². The van der Waals surface area contributed by atoms with E-state index in [0.717, 1.165) is 10.6 Å². The van der Waals surface area contributed by atoms with Crippen molar-refractivity contribution in [2.75, 3.05) is 37.9 Å². The number of amides is 1. The molecule has 1 amide bonds. The van der Waals surface area contributed by atoms with Gasteiger partial charge in [-0.15, -0.1) is 0 Å². The topological polar surface area (TPSA) is 102 Å². The normalized spacial score (nSPS) is 11.8. The summed E-state index contributed by atoms with van der Waals surface area (Å²) in [6.45, 7) is 4.54. The lowest BCUT2D eigenvalue weighted by Crippen LogP contribution is -2.38. The van der Waals surface area contributed by atoms with E-state index < -0.39 is 15.9 Å². The van der Waals surface area contributed by atoms with E-state index in [1.54, 1.807) is 13.0 Å². The first-order valence-corrected chi connectivity index (χ1v) is 8.43. The van der Waals surface area contributed by atoms with Crippen LogP contribution in [0.1, 0.15) is 19.1 Å². The predicted molar refractivity (Wildman–Crippen MR) is 77.4 cm³/mol. The van der Waals surface area contributed by atoms with Crippen molar-refractivity contribution in [3.63, 3.8) is 0 Å². The molecular formula is C12H21N3O5S. The van der Waals surface area contributed by atoms with Gasteiger partial charge < -0.3 is 14.6 Å². The highest BCUT2D eigenvalue weighted by Gasteiger charge is 2.20. The second-order valence-corrected chi connectivity index (χ2v) is 6.50. The molecule has 0 bridgehead atoms. The van der Waals surface area contributed by atoms with Gasteiger partial charge in [-0.25, -0.2) is 8.42 Å². The molecule has 21 heavy (non-hydrogen) atoms. The molecule has 0 saturated carbocycles. The van der Waals surface area contributed by atoms with E-state index in [0.29, 0.717) is 25.4 Å². The smallest absolute Gasteiger partial charge is 0.240 e. The summed E-state index contributed by atoms with van der Waals surface area (Å²) in [7, 11) is -3.46. The summed E-state index contributed by atoms with van der Waals surface area (Å²) >= 11 is 0. The van der Waals surface area contributed by atoms with Crippen LogP contribution in [0, 0.1) is 6.92 Å². The average molecular weight is 319 g/mol. The molecule has 120 valence electrons. The Morgan fingerprint density at radius 1 is 1.52 bits per heavy atom. The second-order valence-electron chi connectivity index (χ2n) is 4.52. The first-order chi connectivity index (χ1) is 9.82. The Morgan fingerprint density at radius 3 is 2.76 bits per heavy atom. The van der Waals surface area contributed by atoms with E-state index in [9.17, 15) is 13.2 Å². The summed E-state index contributed by atoms with van der Waals surface area (Å²) in [4.78, 5) is 11.8. The van der Waals surface area contributed by atoms with Crippen LogP contribution in [-0.2, 0) is 19.6 Å². The molecule has 0 unspecified atom stereocenters. The van der Waals surface area contributed by atoms with E-state index in [2.05, 4.69) is 10.5 Å². The molecular weight excluding hydrogens is 298 g/mol. The highest BCUT2D eigenvalue weighted by atomic mass is 32.2. The first-order valence-electron chi connectivity index (χ1n) is 6.59. The molecule has 0 radical (unpaired) electrons. The molecule has 0 aliphatic rings. The lowest BCUT2D eigenvalue weighted by Gasteiger charge is -2.18. The summed E-state index contributed by atoms with van der Waals surface area (Å²) < 4.78 is 34.4. The fourth-order valence-corrected chi connectivity index (χ4v) is 2.43. The molecule has 0 saturated heterocycles. The van der Waals surface area contributed by atoms with Crippen LogP contribution in [0.25, 0.3) is 0 Å². The number of sulfonamides is 1.